The molecule has 2 aromatic rings. The smallest absolute Gasteiger partial charge is 0.305 e. The van der Waals surface area contributed by atoms with Crippen LogP contribution in [0.2, 0.25) is 0 Å². The Kier molecular flexibility index (Phi) is 14.1. The van der Waals surface area contributed by atoms with Crippen LogP contribution in [0.5, 0.6) is 0 Å². The van der Waals surface area contributed by atoms with E-state index in [0.717, 1.165) is 35.3 Å². The molecule has 0 bridgehead atoms. The first kappa shape index (κ1) is 32.5. The van der Waals surface area contributed by atoms with Gasteiger partial charge in [-0.3, -0.25) is 14.3 Å². The van der Waals surface area contributed by atoms with Gasteiger partial charge in [0.2, 0.25) is 6.41 Å². The second kappa shape index (κ2) is 17.7. The van der Waals surface area contributed by atoms with Crippen molar-refractivity contribution >= 4 is 30.0 Å². The van der Waals surface area contributed by atoms with Crippen molar-refractivity contribution in [2.75, 3.05) is 39.2 Å². The van der Waals surface area contributed by atoms with Gasteiger partial charge >= 0.3 is 5.97 Å². The molecular weight excluding hydrogens is 534 g/mol. The minimum Gasteiger partial charge on any atom is -0.469 e. The summed E-state index contributed by atoms with van der Waals surface area (Å²) < 4.78 is 13.6. The number of nitrogens with zero attached hydrogens (tertiary/aromatic N) is 1. The van der Waals surface area contributed by atoms with E-state index >= 15 is 0 Å². The topological polar surface area (TPSA) is 79.9 Å². The summed E-state index contributed by atoms with van der Waals surface area (Å²) in [6, 6.07) is 15.3. The Labute approximate surface area is 250 Å². The standard InChI is InChI=1S/C25H30N2O2S.C8H15NO2/c1-26-24-18-23(30-27-22-6-4-3-5-7-22)16-15-21(24)14-12-19-8-10-20(11-9-19)13-17-25(28)29-2;1-7(2)8-5-11-4-3-9(8)6-10/h8-11,15-16,18,22,26-27H,3-7,13,17H2,1-2H3;6-8H,3-5H2,1-2H3. The molecule has 0 radical (unpaired) electrons. The highest BCUT2D eigenvalue weighted by Crippen LogP contribution is 2.26. The highest BCUT2D eigenvalue weighted by molar-refractivity contribution is 7.97. The monoisotopic (exact) mass is 579 g/mol. The van der Waals surface area contributed by atoms with Crippen molar-refractivity contribution in [1.29, 1.82) is 0 Å². The first-order valence-corrected chi connectivity index (χ1v) is 15.5. The van der Waals surface area contributed by atoms with E-state index in [1.807, 2.05) is 36.2 Å². The van der Waals surface area contributed by atoms with Gasteiger partial charge in [0.1, 0.15) is 0 Å². The Morgan fingerprint density at radius 3 is 2.54 bits per heavy atom. The molecule has 1 amide bonds. The molecular formula is C33H45N3O4S. The third-order valence-corrected chi connectivity index (χ3v) is 8.40. The summed E-state index contributed by atoms with van der Waals surface area (Å²) in [5, 5.41) is 3.26. The van der Waals surface area contributed by atoms with E-state index in [1.54, 1.807) is 11.9 Å². The average Bonchev–Trinajstić information content (AvgIpc) is 3.02. The predicted octanol–water partition coefficient (Wildman–Crippen LogP) is 5.66. The zero-order valence-electron chi connectivity index (χ0n) is 24.9. The molecule has 7 nitrogen and oxygen atoms in total. The molecule has 222 valence electrons. The molecule has 1 unspecified atom stereocenters. The second-order valence-corrected chi connectivity index (χ2v) is 11.7. The average molecular weight is 580 g/mol. The van der Waals surface area contributed by atoms with Crippen molar-refractivity contribution in [3.05, 3.63) is 59.2 Å². The highest BCUT2D eigenvalue weighted by atomic mass is 32.2. The molecule has 1 aliphatic carbocycles. The number of rotatable bonds is 9. The number of anilines is 1. The number of benzene rings is 2. The quantitative estimate of drug-likeness (QED) is 0.172. The van der Waals surface area contributed by atoms with Crippen LogP contribution in [0, 0.1) is 17.8 Å². The number of morpholine rings is 1. The van der Waals surface area contributed by atoms with Gasteiger partial charge < -0.3 is 19.7 Å². The number of carbonyl (C=O) groups is 2. The van der Waals surface area contributed by atoms with Crippen molar-refractivity contribution < 1.29 is 19.1 Å². The van der Waals surface area contributed by atoms with Crippen LogP contribution >= 0.6 is 11.9 Å². The van der Waals surface area contributed by atoms with Gasteiger partial charge in [-0.15, -0.1) is 0 Å². The Morgan fingerprint density at radius 2 is 1.90 bits per heavy atom. The fourth-order valence-corrected chi connectivity index (χ4v) is 5.71. The van der Waals surface area contributed by atoms with Crippen molar-refractivity contribution in [3.8, 4) is 11.8 Å². The molecule has 2 aromatic carbocycles. The van der Waals surface area contributed by atoms with Crippen molar-refractivity contribution in [2.45, 2.75) is 75.8 Å². The van der Waals surface area contributed by atoms with Gasteiger partial charge in [0.25, 0.3) is 0 Å². The molecule has 1 aliphatic heterocycles. The van der Waals surface area contributed by atoms with Gasteiger partial charge in [-0.05, 0) is 73.0 Å². The number of aryl methyl sites for hydroxylation is 1. The van der Waals surface area contributed by atoms with E-state index in [1.165, 1.54) is 44.1 Å². The van der Waals surface area contributed by atoms with E-state index in [-0.39, 0.29) is 12.0 Å². The number of carbonyl (C=O) groups excluding carboxylic acids is 2. The first-order chi connectivity index (χ1) is 19.9. The van der Waals surface area contributed by atoms with E-state index in [2.05, 4.69) is 58.7 Å². The van der Waals surface area contributed by atoms with E-state index < -0.39 is 0 Å². The number of amides is 1. The third kappa shape index (κ3) is 11.1. The summed E-state index contributed by atoms with van der Waals surface area (Å²) in [6.45, 7) is 6.33. The zero-order chi connectivity index (χ0) is 29.5. The molecule has 0 aromatic heterocycles. The molecule has 41 heavy (non-hydrogen) atoms. The molecule has 1 heterocycles. The molecule has 0 spiro atoms. The fourth-order valence-electron chi connectivity index (χ4n) is 4.86. The van der Waals surface area contributed by atoms with Gasteiger partial charge in [0, 0.05) is 42.1 Å². The summed E-state index contributed by atoms with van der Waals surface area (Å²) in [7, 11) is 3.35. The van der Waals surface area contributed by atoms with Gasteiger partial charge in [0.15, 0.2) is 0 Å². The van der Waals surface area contributed by atoms with Gasteiger partial charge in [-0.25, -0.2) is 0 Å². The van der Waals surface area contributed by atoms with Crippen LogP contribution in [0.3, 0.4) is 0 Å². The molecule has 1 saturated heterocycles. The van der Waals surface area contributed by atoms with Crippen molar-refractivity contribution in [2.24, 2.45) is 5.92 Å². The lowest BCUT2D eigenvalue weighted by Crippen LogP contribution is -2.47. The van der Waals surface area contributed by atoms with Crippen LogP contribution in [0.25, 0.3) is 0 Å². The number of hydrogen-bond acceptors (Lipinski definition) is 7. The van der Waals surface area contributed by atoms with Crippen LogP contribution in [-0.2, 0) is 25.5 Å². The SMILES string of the molecule is CC(C)C1COCCN1C=O.CNc1cc(SNC2CCCCC2)ccc1C#Cc1ccc(CCC(=O)OC)cc1. The Morgan fingerprint density at radius 1 is 1.15 bits per heavy atom. The lowest BCUT2D eigenvalue weighted by atomic mass is 9.96. The van der Waals surface area contributed by atoms with Crippen molar-refractivity contribution in [1.82, 2.24) is 9.62 Å². The summed E-state index contributed by atoms with van der Waals surface area (Å²) >= 11 is 1.72. The molecule has 1 saturated carbocycles. The lowest BCUT2D eigenvalue weighted by molar-refractivity contribution is -0.140. The molecule has 8 heteroatoms. The molecule has 2 N–H and O–H groups in total. The Hall–Kier alpha value is -2.99. The van der Waals surface area contributed by atoms with Crippen LogP contribution < -0.4 is 10.0 Å². The summed E-state index contributed by atoms with van der Waals surface area (Å²) in [5.74, 6) is 6.81. The largest absolute Gasteiger partial charge is 0.469 e. The number of esters is 1. The number of nitrogens with one attached hydrogen (secondary N) is 2. The van der Waals surface area contributed by atoms with E-state index in [9.17, 15) is 9.59 Å². The normalized spacial score (nSPS) is 17.1. The maximum atomic E-state index is 11.3. The van der Waals surface area contributed by atoms with E-state index in [0.29, 0.717) is 38.0 Å². The van der Waals surface area contributed by atoms with Gasteiger partial charge in [-0.2, -0.15) is 0 Å². The number of hydrogen-bond donors (Lipinski definition) is 2. The van der Waals surface area contributed by atoms with Crippen LogP contribution in [-0.4, -0.2) is 63.3 Å². The maximum absolute atomic E-state index is 11.3. The molecule has 4 rings (SSSR count). The van der Waals surface area contributed by atoms with Crippen LogP contribution in [0.4, 0.5) is 5.69 Å². The minimum absolute atomic E-state index is 0.186. The predicted molar refractivity (Wildman–Crippen MR) is 167 cm³/mol. The fraction of sp³-hybridized carbons (Fsp3) is 0.515. The first-order valence-electron chi connectivity index (χ1n) is 14.6. The zero-order valence-corrected chi connectivity index (χ0v) is 25.7. The number of methoxy groups -OCH3 is 1. The number of ether oxygens (including phenoxy) is 2. The summed E-state index contributed by atoms with van der Waals surface area (Å²) in [5.41, 5.74) is 4.08. The Balaban J connectivity index is 0.000000352. The summed E-state index contributed by atoms with van der Waals surface area (Å²) in [6.07, 6.45) is 8.59. The van der Waals surface area contributed by atoms with E-state index in [4.69, 9.17) is 4.74 Å². The molecule has 1 atom stereocenters. The second-order valence-electron chi connectivity index (χ2n) is 10.8. The Bertz CT molecular complexity index is 1150. The van der Waals surface area contributed by atoms with Crippen LogP contribution in [0.1, 0.15) is 69.1 Å². The minimum atomic E-state index is -0.186. The highest BCUT2D eigenvalue weighted by Gasteiger charge is 2.23. The summed E-state index contributed by atoms with van der Waals surface area (Å²) in [4.78, 5) is 24.8. The lowest BCUT2D eigenvalue weighted by Gasteiger charge is -2.35. The third-order valence-electron chi connectivity index (χ3n) is 7.46. The van der Waals surface area contributed by atoms with Gasteiger partial charge in [0.05, 0.1) is 32.1 Å². The van der Waals surface area contributed by atoms with Gasteiger partial charge in [-0.1, -0.05) is 57.1 Å². The van der Waals surface area contributed by atoms with Crippen molar-refractivity contribution in [3.63, 3.8) is 0 Å². The molecule has 2 fully saturated rings. The maximum Gasteiger partial charge on any atom is 0.305 e. The molecule has 2 aliphatic rings. The van der Waals surface area contributed by atoms with Crippen LogP contribution in [0.15, 0.2) is 47.4 Å².